The number of hydrogen-bond acceptors (Lipinski definition) is 2. The molecule has 0 aromatic carbocycles. The smallest absolute Gasteiger partial charge is 0.407 e. The molecule has 2 aliphatic rings. The third kappa shape index (κ3) is 1.87. The molecule has 1 saturated heterocycles. The number of halogens is 1. The molecule has 1 aliphatic carbocycles. The summed E-state index contributed by atoms with van der Waals surface area (Å²) in [5.74, 6) is 0.860. The molecule has 14 heavy (non-hydrogen) atoms. The first kappa shape index (κ1) is 9.84. The van der Waals surface area contributed by atoms with Crippen LogP contribution in [0.2, 0.25) is 0 Å². The van der Waals surface area contributed by atoms with Crippen LogP contribution in [-0.2, 0) is 4.74 Å². The fourth-order valence-corrected chi connectivity index (χ4v) is 2.39. The number of carbonyl (C=O) groups is 1. The first-order chi connectivity index (χ1) is 6.81. The van der Waals surface area contributed by atoms with Crippen LogP contribution in [0.1, 0.15) is 19.3 Å². The van der Waals surface area contributed by atoms with Gasteiger partial charge in [-0.15, -0.1) is 11.6 Å². The number of hydrogen-bond donors (Lipinski definition) is 1. The summed E-state index contributed by atoms with van der Waals surface area (Å²) in [4.78, 5) is 11.1. The summed E-state index contributed by atoms with van der Waals surface area (Å²) in [7, 11) is 0. The zero-order valence-electron chi connectivity index (χ0n) is 7.91. The molecule has 3 atom stereocenters. The van der Waals surface area contributed by atoms with Crippen molar-refractivity contribution in [1.82, 2.24) is 5.32 Å². The molecule has 0 aromatic rings. The summed E-state index contributed by atoms with van der Waals surface area (Å²) >= 11 is 5.77. The van der Waals surface area contributed by atoms with E-state index in [2.05, 4.69) is 17.5 Å². The Kier molecular flexibility index (Phi) is 2.96. The Labute approximate surface area is 88.5 Å². The van der Waals surface area contributed by atoms with Crippen molar-refractivity contribution in [2.24, 2.45) is 5.92 Å². The molecular formula is C10H14ClNO2. The number of nitrogens with one attached hydrogen (secondary N) is 1. The highest BCUT2D eigenvalue weighted by Gasteiger charge is 2.38. The van der Waals surface area contributed by atoms with Crippen LogP contribution >= 0.6 is 11.6 Å². The van der Waals surface area contributed by atoms with Gasteiger partial charge in [-0.2, -0.15) is 0 Å². The highest BCUT2D eigenvalue weighted by molar-refractivity contribution is 6.18. The van der Waals surface area contributed by atoms with Gasteiger partial charge in [-0.05, 0) is 19.3 Å². The Morgan fingerprint density at radius 2 is 2.43 bits per heavy atom. The predicted molar refractivity (Wildman–Crippen MR) is 54.4 cm³/mol. The quantitative estimate of drug-likeness (QED) is 0.566. The van der Waals surface area contributed by atoms with Gasteiger partial charge in [-0.1, -0.05) is 12.2 Å². The second-order valence-electron chi connectivity index (χ2n) is 3.82. The van der Waals surface area contributed by atoms with Gasteiger partial charge in [0.15, 0.2) is 0 Å². The fourth-order valence-electron chi connectivity index (χ4n) is 2.14. The van der Waals surface area contributed by atoms with Crippen LogP contribution < -0.4 is 5.32 Å². The van der Waals surface area contributed by atoms with Crippen molar-refractivity contribution in [3.8, 4) is 0 Å². The monoisotopic (exact) mass is 215 g/mol. The van der Waals surface area contributed by atoms with Crippen molar-refractivity contribution in [2.75, 3.05) is 5.88 Å². The minimum Gasteiger partial charge on any atom is -0.444 e. The average Bonchev–Trinajstić information content (AvgIpc) is 2.61. The van der Waals surface area contributed by atoms with Crippen LogP contribution in [0, 0.1) is 5.92 Å². The first-order valence-electron chi connectivity index (χ1n) is 4.99. The number of allylic oxidation sites excluding steroid dienone is 2. The Morgan fingerprint density at radius 1 is 1.57 bits per heavy atom. The SMILES string of the molecule is O=C1N[C@H](CCl)[C@@H](C2CC=CCC2)O1. The maximum absolute atomic E-state index is 11.1. The molecule has 0 bridgehead atoms. The van der Waals surface area contributed by atoms with Gasteiger partial charge in [0, 0.05) is 11.8 Å². The summed E-state index contributed by atoms with van der Waals surface area (Å²) in [6, 6.07) is -0.0133. The van der Waals surface area contributed by atoms with Gasteiger partial charge < -0.3 is 10.1 Å². The summed E-state index contributed by atoms with van der Waals surface area (Å²) in [6.07, 6.45) is 7.13. The van der Waals surface area contributed by atoms with Gasteiger partial charge in [0.1, 0.15) is 6.10 Å². The molecule has 2 rings (SSSR count). The predicted octanol–water partition coefficient (Wildman–Crippen LogP) is 2.06. The van der Waals surface area contributed by atoms with E-state index in [0.717, 1.165) is 19.3 Å². The van der Waals surface area contributed by atoms with Crippen LogP contribution in [0.25, 0.3) is 0 Å². The lowest BCUT2D eigenvalue weighted by molar-refractivity contribution is 0.0894. The summed E-state index contributed by atoms with van der Waals surface area (Å²) in [6.45, 7) is 0. The molecule has 0 spiro atoms. The number of alkyl carbamates (subject to hydrolysis) is 1. The summed E-state index contributed by atoms with van der Waals surface area (Å²) < 4.78 is 5.24. The molecule has 1 amide bonds. The van der Waals surface area contributed by atoms with E-state index in [-0.39, 0.29) is 18.2 Å². The molecule has 1 unspecified atom stereocenters. The standard InChI is InChI=1S/C10H14ClNO2/c11-6-8-9(14-10(13)12-8)7-4-2-1-3-5-7/h1-2,7-9H,3-6H2,(H,12,13)/t7?,8-,9-/m1/s1. The van der Waals surface area contributed by atoms with Crippen molar-refractivity contribution in [1.29, 1.82) is 0 Å². The van der Waals surface area contributed by atoms with Gasteiger partial charge in [0.05, 0.1) is 6.04 Å². The maximum atomic E-state index is 11.1. The van der Waals surface area contributed by atoms with Gasteiger partial charge in [-0.25, -0.2) is 4.79 Å². The van der Waals surface area contributed by atoms with E-state index in [1.165, 1.54) is 0 Å². The normalized spacial score (nSPS) is 36.6. The van der Waals surface area contributed by atoms with Crippen LogP contribution in [0.15, 0.2) is 12.2 Å². The molecule has 0 saturated carbocycles. The number of rotatable bonds is 2. The average molecular weight is 216 g/mol. The van der Waals surface area contributed by atoms with Crippen molar-refractivity contribution in [3.05, 3.63) is 12.2 Å². The molecule has 1 fully saturated rings. The summed E-state index contributed by atoms with van der Waals surface area (Å²) in [5.41, 5.74) is 0. The number of alkyl halides is 1. The van der Waals surface area contributed by atoms with Gasteiger partial charge >= 0.3 is 6.09 Å². The second-order valence-corrected chi connectivity index (χ2v) is 4.13. The lowest BCUT2D eigenvalue weighted by Crippen LogP contribution is -2.38. The molecule has 0 radical (unpaired) electrons. The fraction of sp³-hybridized carbons (Fsp3) is 0.700. The van der Waals surface area contributed by atoms with Crippen molar-refractivity contribution >= 4 is 17.7 Å². The molecule has 1 heterocycles. The molecule has 4 heteroatoms. The minimum atomic E-state index is -0.324. The van der Waals surface area contributed by atoms with E-state index in [1.54, 1.807) is 0 Å². The van der Waals surface area contributed by atoms with Crippen molar-refractivity contribution in [3.63, 3.8) is 0 Å². The van der Waals surface area contributed by atoms with E-state index < -0.39 is 0 Å². The van der Waals surface area contributed by atoms with E-state index in [0.29, 0.717) is 11.8 Å². The van der Waals surface area contributed by atoms with E-state index in [1.807, 2.05) is 0 Å². The molecule has 0 aromatic heterocycles. The lowest BCUT2D eigenvalue weighted by atomic mass is 9.87. The van der Waals surface area contributed by atoms with E-state index in [4.69, 9.17) is 16.3 Å². The lowest BCUT2D eigenvalue weighted by Gasteiger charge is -2.25. The molecule has 78 valence electrons. The second kappa shape index (κ2) is 4.22. The van der Waals surface area contributed by atoms with Crippen LogP contribution in [0.3, 0.4) is 0 Å². The third-order valence-electron chi connectivity index (χ3n) is 2.88. The van der Waals surface area contributed by atoms with Gasteiger partial charge in [-0.3, -0.25) is 0 Å². The Hall–Kier alpha value is -0.700. The molecule has 1 N–H and O–H groups in total. The molecule has 1 aliphatic heterocycles. The first-order valence-corrected chi connectivity index (χ1v) is 5.53. The van der Waals surface area contributed by atoms with Crippen LogP contribution in [-0.4, -0.2) is 24.1 Å². The van der Waals surface area contributed by atoms with Crippen LogP contribution in [0.4, 0.5) is 4.79 Å². The number of ether oxygens (including phenoxy) is 1. The highest BCUT2D eigenvalue weighted by atomic mass is 35.5. The van der Waals surface area contributed by atoms with Crippen LogP contribution in [0.5, 0.6) is 0 Å². The topological polar surface area (TPSA) is 38.3 Å². The Morgan fingerprint density at radius 3 is 3.07 bits per heavy atom. The van der Waals surface area contributed by atoms with E-state index >= 15 is 0 Å². The molecule has 3 nitrogen and oxygen atoms in total. The molecular weight excluding hydrogens is 202 g/mol. The zero-order valence-corrected chi connectivity index (χ0v) is 8.67. The number of carbonyl (C=O) groups excluding carboxylic acids is 1. The third-order valence-corrected chi connectivity index (χ3v) is 3.22. The number of amides is 1. The Balaban J connectivity index is 2.01. The maximum Gasteiger partial charge on any atom is 0.407 e. The van der Waals surface area contributed by atoms with Gasteiger partial charge in [0.2, 0.25) is 0 Å². The highest BCUT2D eigenvalue weighted by Crippen LogP contribution is 2.28. The summed E-state index contributed by atoms with van der Waals surface area (Å²) in [5, 5.41) is 2.73. The Bertz CT molecular complexity index is 255. The zero-order chi connectivity index (χ0) is 9.97. The van der Waals surface area contributed by atoms with Crippen molar-refractivity contribution in [2.45, 2.75) is 31.4 Å². The van der Waals surface area contributed by atoms with E-state index in [9.17, 15) is 4.79 Å². The largest absolute Gasteiger partial charge is 0.444 e. The number of cyclic esters (lactones) is 1. The van der Waals surface area contributed by atoms with Crippen molar-refractivity contribution < 1.29 is 9.53 Å². The minimum absolute atomic E-state index is 0.0133. The van der Waals surface area contributed by atoms with Gasteiger partial charge in [0.25, 0.3) is 0 Å².